The second kappa shape index (κ2) is 7.89. The van der Waals surface area contributed by atoms with E-state index in [-0.39, 0.29) is 12.2 Å². The summed E-state index contributed by atoms with van der Waals surface area (Å²) in [5.41, 5.74) is 0.862. The van der Waals surface area contributed by atoms with E-state index >= 15 is 0 Å². The molecule has 9 heteroatoms. The number of sulfonamides is 1. The van der Waals surface area contributed by atoms with E-state index in [9.17, 15) is 22.8 Å². The molecule has 0 bridgehead atoms. The SMILES string of the molecule is O=CN(O)[C@@H]1CCCC[C@H]1S(=O)(=O)N1CCN(c2ccc(F)cc2)CC1. The van der Waals surface area contributed by atoms with E-state index < -0.39 is 21.3 Å². The molecule has 1 aromatic rings. The van der Waals surface area contributed by atoms with E-state index in [1.807, 2.05) is 4.90 Å². The monoisotopic (exact) mass is 385 g/mol. The van der Waals surface area contributed by atoms with Gasteiger partial charge in [0.15, 0.2) is 0 Å². The summed E-state index contributed by atoms with van der Waals surface area (Å²) >= 11 is 0. The van der Waals surface area contributed by atoms with Crippen molar-refractivity contribution in [1.29, 1.82) is 0 Å². The predicted octanol–water partition coefficient (Wildman–Crippen LogP) is 1.44. The molecule has 1 amide bonds. The zero-order valence-electron chi connectivity index (χ0n) is 14.5. The number of nitrogens with zero attached hydrogens (tertiary/aromatic N) is 3. The predicted molar refractivity (Wildman–Crippen MR) is 94.8 cm³/mol. The quantitative estimate of drug-likeness (QED) is 0.471. The van der Waals surface area contributed by atoms with Crippen molar-refractivity contribution in [2.45, 2.75) is 37.0 Å². The number of hydroxylamine groups is 2. The van der Waals surface area contributed by atoms with Crippen LogP contribution in [0.25, 0.3) is 0 Å². The van der Waals surface area contributed by atoms with Crippen molar-refractivity contribution in [1.82, 2.24) is 9.37 Å². The Labute approximate surface area is 153 Å². The van der Waals surface area contributed by atoms with Gasteiger partial charge in [0.25, 0.3) is 0 Å². The fourth-order valence-corrected chi connectivity index (χ4v) is 6.03. The van der Waals surface area contributed by atoms with Crippen molar-refractivity contribution in [2.24, 2.45) is 0 Å². The summed E-state index contributed by atoms with van der Waals surface area (Å²) in [6.07, 6.45) is 2.76. The highest BCUT2D eigenvalue weighted by Crippen LogP contribution is 2.30. The first-order valence-corrected chi connectivity index (χ1v) is 10.4. The zero-order valence-corrected chi connectivity index (χ0v) is 15.3. The number of carbonyl (C=O) groups is 1. The van der Waals surface area contributed by atoms with Crippen molar-refractivity contribution < 1.29 is 22.8 Å². The number of amides is 1. The second-order valence-electron chi connectivity index (χ2n) is 6.78. The molecule has 1 saturated carbocycles. The molecule has 2 aliphatic rings. The minimum Gasteiger partial charge on any atom is -0.369 e. The molecule has 1 aliphatic carbocycles. The summed E-state index contributed by atoms with van der Waals surface area (Å²) in [6, 6.07) is 5.46. The van der Waals surface area contributed by atoms with Crippen molar-refractivity contribution in [2.75, 3.05) is 31.1 Å². The maximum absolute atomic E-state index is 13.1. The van der Waals surface area contributed by atoms with E-state index in [0.29, 0.717) is 44.1 Å². The van der Waals surface area contributed by atoms with Gasteiger partial charge < -0.3 is 4.90 Å². The van der Waals surface area contributed by atoms with Gasteiger partial charge >= 0.3 is 0 Å². The third-order valence-electron chi connectivity index (χ3n) is 5.29. The molecule has 2 atom stereocenters. The molecule has 1 aromatic carbocycles. The Morgan fingerprint density at radius 3 is 2.31 bits per heavy atom. The molecule has 1 saturated heterocycles. The average molecular weight is 385 g/mol. The summed E-state index contributed by atoms with van der Waals surface area (Å²) in [5.74, 6) is -0.304. The molecular weight excluding hydrogens is 361 g/mol. The van der Waals surface area contributed by atoms with Gasteiger partial charge in [-0.25, -0.2) is 17.9 Å². The summed E-state index contributed by atoms with van der Waals surface area (Å²) in [4.78, 5) is 12.9. The Kier molecular flexibility index (Phi) is 5.79. The Balaban J connectivity index is 1.68. The maximum atomic E-state index is 13.1. The standard InChI is InChI=1S/C17H24FN3O4S/c18-14-5-7-15(8-6-14)19-9-11-20(12-10-19)26(24,25)17-4-2-1-3-16(17)21(23)13-22/h5-8,13,16-17,23H,1-4,9-12H2/t16-,17-/m1/s1. The largest absolute Gasteiger partial charge is 0.369 e. The van der Waals surface area contributed by atoms with Gasteiger partial charge in [-0.2, -0.15) is 4.31 Å². The van der Waals surface area contributed by atoms with Gasteiger partial charge in [-0.15, -0.1) is 0 Å². The van der Waals surface area contributed by atoms with Crippen LogP contribution in [-0.2, 0) is 14.8 Å². The third kappa shape index (κ3) is 3.84. The van der Waals surface area contributed by atoms with Gasteiger partial charge in [0, 0.05) is 31.9 Å². The lowest BCUT2D eigenvalue weighted by Crippen LogP contribution is -2.56. The third-order valence-corrected chi connectivity index (χ3v) is 7.69. The fourth-order valence-electron chi connectivity index (χ4n) is 3.85. The van der Waals surface area contributed by atoms with Gasteiger partial charge in [0.2, 0.25) is 16.4 Å². The Hall–Kier alpha value is -1.71. The number of rotatable bonds is 5. The topological polar surface area (TPSA) is 81.2 Å². The van der Waals surface area contributed by atoms with Gasteiger partial charge in [0.05, 0.1) is 11.3 Å². The molecule has 0 spiro atoms. The van der Waals surface area contributed by atoms with Gasteiger partial charge in [0.1, 0.15) is 5.82 Å². The summed E-state index contributed by atoms with van der Waals surface area (Å²) < 4.78 is 40.6. The minimum absolute atomic E-state index is 0.283. The van der Waals surface area contributed by atoms with E-state index in [4.69, 9.17) is 0 Å². The van der Waals surface area contributed by atoms with Crippen LogP contribution in [0.15, 0.2) is 24.3 Å². The molecule has 1 aliphatic heterocycles. The molecule has 3 rings (SSSR count). The molecule has 0 radical (unpaired) electrons. The van der Waals surface area contributed by atoms with Crippen LogP contribution >= 0.6 is 0 Å². The van der Waals surface area contributed by atoms with E-state index in [1.54, 1.807) is 12.1 Å². The smallest absolute Gasteiger partial charge is 0.233 e. The molecule has 2 fully saturated rings. The first-order valence-electron chi connectivity index (χ1n) is 8.85. The molecule has 144 valence electrons. The Morgan fingerprint density at radius 1 is 1.08 bits per heavy atom. The molecule has 1 heterocycles. The van der Waals surface area contributed by atoms with Crippen LogP contribution in [0.4, 0.5) is 10.1 Å². The highest BCUT2D eigenvalue weighted by molar-refractivity contribution is 7.89. The Bertz CT molecular complexity index is 720. The average Bonchev–Trinajstić information content (AvgIpc) is 2.68. The van der Waals surface area contributed by atoms with Crippen LogP contribution < -0.4 is 4.90 Å². The number of hydrogen-bond acceptors (Lipinski definition) is 5. The lowest BCUT2D eigenvalue weighted by Gasteiger charge is -2.40. The van der Waals surface area contributed by atoms with Gasteiger partial charge in [-0.05, 0) is 37.1 Å². The van der Waals surface area contributed by atoms with Crippen LogP contribution in [0, 0.1) is 5.82 Å². The van der Waals surface area contributed by atoms with E-state index in [0.717, 1.165) is 18.5 Å². The summed E-state index contributed by atoms with van der Waals surface area (Å²) in [6.45, 7) is 1.68. The van der Waals surface area contributed by atoms with Crippen LogP contribution in [-0.4, -0.2) is 66.9 Å². The van der Waals surface area contributed by atoms with Crippen LogP contribution in [0.1, 0.15) is 25.7 Å². The first kappa shape index (κ1) is 19.1. The number of anilines is 1. The molecule has 7 nitrogen and oxygen atoms in total. The number of hydrogen-bond donors (Lipinski definition) is 1. The maximum Gasteiger partial charge on any atom is 0.233 e. The second-order valence-corrected chi connectivity index (χ2v) is 8.93. The normalized spacial score (nSPS) is 25.1. The molecule has 1 N–H and O–H groups in total. The molecule has 0 aromatic heterocycles. The van der Waals surface area contributed by atoms with Gasteiger partial charge in [-0.3, -0.25) is 10.0 Å². The minimum atomic E-state index is -3.62. The zero-order chi connectivity index (χ0) is 18.7. The van der Waals surface area contributed by atoms with E-state index in [1.165, 1.54) is 16.4 Å². The molecule has 26 heavy (non-hydrogen) atoms. The fraction of sp³-hybridized carbons (Fsp3) is 0.588. The van der Waals surface area contributed by atoms with Crippen molar-refractivity contribution >= 4 is 22.1 Å². The summed E-state index contributed by atoms with van der Waals surface area (Å²) in [5, 5.41) is 9.51. The van der Waals surface area contributed by atoms with Crippen LogP contribution in [0.5, 0.6) is 0 Å². The van der Waals surface area contributed by atoms with Crippen molar-refractivity contribution in [3.8, 4) is 0 Å². The van der Waals surface area contributed by atoms with Crippen molar-refractivity contribution in [3.05, 3.63) is 30.1 Å². The van der Waals surface area contributed by atoms with Crippen molar-refractivity contribution in [3.63, 3.8) is 0 Å². The van der Waals surface area contributed by atoms with Crippen LogP contribution in [0.2, 0.25) is 0 Å². The number of halogens is 1. The highest BCUT2D eigenvalue weighted by atomic mass is 32.2. The lowest BCUT2D eigenvalue weighted by atomic mass is 9.95. The molecular formula is C17H24FN3O4S. The number of carbonyl (C=O) groups excluding carboxylic acids is 1. The van der Waals surface area contributed by atoms with Crippen LogP contribution in [0.3, 0.4) is 0 Å². The van der Waals surface area contributed by atoms with E-state index in [2.05, 4.69) is 0 Å². The van der Waals surface area contributed by atoms with Gasteiger partial charge in [-0.1, -0.05) is 12.8 Å². The summed E-state index contributed by atoms with van der Waals surface area (Å²) in [7, 11) is -3.62. The Morgan fingerprint density at radius 2 is 1.69 bits per heavy atom. The first-order chi connectivity index (χ1) is 12.4. The molecule has 0 unspecified atom stereocenters. The highest BCUT2D eigenvalue weighted by Gasteiger charge is 2.42. The lowest BCUT2D eigenvalue weighted by molar-refractivity contribution is -0.162. The number of benzene rings is 1. The number of piperazine rings is 1.